The summed E-state index contributed by atoms with van der Waals surface area (Å²) in [5.41, 5.74) is 2.22. The van der Waals surface area contributed by atoms with Gasteiger partial charge in [-0.1, -0.05) is 12.8 Å². The van der Waals surface area contributed by atoms with E-state index >= 15 is 0 Å². The number of rotatable bonds is 2. The van der Waals surface area contributed by atoms with Gasteiger partial charge in [0.25, 0.3) is 11.8 Å². The minimum atomic E-state index is -0.0353. The number of hydrogen-bond acceptors (Lipinski definition) is 2. The second-order valence-electron chi connectivity index (χ2n) is 5.94. The smallest absolute Gasteiger partial charge is 0.254 e. The molecule has 0 bridgehead atoms. The Morgan fingerprint density at radius 1 is 1.05 bits per heavy atom. The summed E-state index contributed by atoms with van der Waals surface area (Å²) in [6, 6.07) is 5.35. The molecule has 0 N–H and O–H groups in total. The first-order chi connectivity index (χ1) is 10.0. The number of likely N-dealkylation sites (tertiary alicyclic amines) is 1. The number of carbonyl (C=O) groups is 2. The first-order valence-electron chi connectivity index (χ1n) is 7.62. The molecule has 1 aliphatic rings. The molecule has 0 unspecified atom stereocenters. The van der Waals surface area contributed by atoms with Gasteiger partial charge >= 0.3 is 0 Å². The van der Waals surface area contributed by atoms with Gasteiger partial charge in [-0.2, -0.15) is 0 Å². The molecule has 0 saturated carbocycles. The summed E-state index contributed by atoms with van der Waals surface area (Å²) in [7, 11) is 3.46. The van der Waals surface area contributed by atoms with Gasteiger partial charge in [0.1, 0.15) is 0 Å². The second kappa shape index (κ2) is 6.74. The third-order valence-electron chi connectivity index (χ3n) is 4.00. The Labute approximate surface area is 126 Å². The number of nitrogens with zero attached hydrogens (tertiary/aromatic N) is 2. The molecule has 1 heterocycles. The molecule has 1 fully saturated rings. The number of amides is 2. The summed E-state index contributed by atoms with van der Waals surface area (Å²) in [6.07, 6.45) is 4.59. The quantitative estimate of drug-likeness (QED) is 0.839. The van der Waals surface area contributed by atoms with Gasteiger partial charge in [-0.05, 0) is 43.5 Å². The lowest BCUT2D eigenvalue weighted by Crippen LogP contribution is -2.32. The van der Waals surface area contributed by atoms with Gasteiger partial charge in [0.15, 0.2) is 0 Å². The van der Waals surface area contributed by atoms with Crippen molar-refractivity contribution in [3.8, 4) is 0 Å². The van der Waals surface area contributed by atoms with E-state index in [2.05, 4.69) is 0 Å². The van der Waals surface area contributed by atoms with E-state index in [1.807, 2.05) is 17.9 Å². The zero-order chi connectivity index (χ0) is 15.4. The second-order valence-corrected chi connectivity index (χ2v) is 5.94. The van der Waals surface area contributed by atoms with Crippen LogP contribution in [0.25, 0.3) is 0 Å². The fourth-order valence-electron chi connectivity index (χ4n) is 2.74. The number of aryl methyl sites for hydroxylation is 1. The Morgan fingerprint density at radius 3 is 2.19 bits per heavy atom. The van der Waals surface area contributed by atoms with Crippen LogP contribution in [0.15, 0.2) is 18.2 Å². The van der Waals surface area contributed by atoms with Crippen LogP contribution in [0.2, 0.25) is 0 Å². The predicted molar refractivity (Wildman–Crippen MR) is 83.6 cm³/mol. The molecule has 4 nitrogen and oxygen atoms in total. The standard InChI is InChI=1S/C17H24N2O2/c1-13-12-14(16(20)18(2)3)8-9-15(13)17(21)19-10-6-4-5-7-11-19/h8-9,12H,4-7,10-11H2,1-3H3. The summed E-state index contributed by atoms with van der Waals surface area (Å²) >= 11 is 0. The maximum atomic E-state index is 12.6. The van der Waals surface area contributed by atoms with Gasteiger partial charge in [-0.25, -0.2) is 0 Å². The van der Waals surface area contributed by atoms with E-state index < -0.39 is 0 Å². The van der Waals surface area contributed by atoms with E-state index in [1.54, 1.807) is 31.1 Å². The molecule has 1 saturated heterocycles. The molecule has 2 amide bonds. The summed E-state index contributed by atoms with van der Waals surface area (Å²) in [5, 5.41) is 0. The van der Waals surface area contributed by atoms with E-state index in [1.165, 1.54) is 12.8 Å². The Morgan fingerprint density at radius 2 is 1.67 bits per heavy atom. The summed E-state index contributed by atoms with van der Waals surface area (Å²) in [5.74, 6) is 0.0603. The van der Waals surface area contributed by atoms with Crippen molar-refractivity contribution in [1.82, 2.24) is 9.80 Å². The Kier molecular flexibility index (Phi) is 4.99. The van der Waals surface area contributed by atoms with Crippen molar-refractivity contribution < 1.29 is 9.59 Å². The molecular formula is C17H24N2O2. The van der Waals surface area contributed by atoms with Crippen molar-refractivity contribution in [3.63, 3.8) is 0 Å². The van der Waals surface area contributed by atoms with Crippen LogP contribution in [-0.4, -0.2) is 48.8 Å². The third kappa shape index (κ3) is 3.63. The molecule has 21 heavy (non-hydrogen) atoms. The van der Waals surface area contributed by atoms with E-state index in [0.29, 0.717) is 11.1 Å². The Balaban J connectivity index is 2.20. The summed E-state index contributed by atoms with van der Waals surface area (Å²) < 4.78 is 0. The van der Waals surface area contributed by atoms with Crippen molar-refractivity contribution >= 4 is 11.8 Å². The zero-order valence-electron chi connectivity index (χ0n) is 13.2. The van der Waals surface area contributed by atoms with Crippen molar-refractivity contribution in [2.75, 3.05) is 27.2 Å². The molecule has 0 aromatic heterocycles. The highest BCUT2D eigenvalue weighted by Crippen LogP contribution is 2.17. The molecule has 0 spiro atoms. The normalized spacial score (nSPS) is 15.5. The average Bonchev–Trinajstić information content (AvgIpc) is 2.74. The SMILES string of the molecule is Cc1cc(C(=O)N(C)C)ccc1C(=O)N1CCCCCC1. The van der Waals surface area contributed by atoms with Gasteiger partial charge in [0.05, 0.1) is 0 Å². The Hall–Kier alpha value is -1.84. The minimum absolute atomic E-state index is 0.0353. The van der Waals surface area contributed by atoms with Crippen molar-refractivity contribution in [1.29, 1.82) is 0 Å². The van der Waals surface area contributed by atoms with Crippen LogP contribution in [0.5, 0.6) is 0 Å². The molecule has 0 atom stereocenters. The lowest BCUT2D eigenvalue weighted by Gasteiger charge is -2.21. The van der Waals surface area contributed by atoms with Crippen LogP contribution in [-0.2, 0) is 0 Å². The lowest BCUT2D eigenvalue weighted by atomic mass is 10.0. The highest BCUT2D eigenvalue weighted by atomic mass is 16.2. The predicted octanol–water partition coefficient (Wildman–Crippen LogP) is 2.71. The van der Waals surface area contributed by atoms with Gasteiger partial charge < -0.3 is 9.80 Å². The fourth-order valence-corrected chi connectivity index (χ4v) is 2.74. The molecule has 1 aromatic carbocycles. The molecule has 1 aromatic rings. The zero-order valence-corrected chi connectivity index (χ0v) is 13.2. The van der Waals surface area contributed by atoms with Crippen LogP contribution in [0.3, 0.4) is 0 Å². The number of benzene rings is 1. The largest absolute Gasteiger partial charge is 0.345 e. The van der Waals surface area contributed by atoms with Gasteiger partial charge in [-0.3, -0.25) is 9.59 Å². The van der Waals surface area contributed by atoms with Crippen molar-refractivity contribution in [3.05, 3.63) is 34.9 Å². The molecule has 0 radical (unpaired) electrons. The van der Waals surface area contributed by atoms with E-state index in [0.717, 1.165) is 31.5 Å². The van der Waals surface area contributed by atoms with Crippen molar-refractivity contribution in [2.45, 2.75) is 32.6 Å². The lowest BCUT2D eigenvalue weighted by molar-refractivity contribution is 0.0759. The molecule has 2 rings (SSSR count). The molecule has 114 valence electrons. The maximum absolute atomic E-state index is 12.6. The number of hydrogen-bond donors (Lipinski definition) is 0. The maximum Gasteiger partial charge on any atom is 0.254 e. The van der Waals surface area contributed by atoms with Crippen LogP contribution in [0, 0.1) is 6.92 Å². The third-order valence-corrected chi connectivity index (χ3v) is 4.00. The van der Waals surface area contributed by atoms with E-state index in [9.17, 15) is 9.59 Å². The molecule has 1 aliphatic heterocycles. The highest BCUT2D eigenvalue weighted by Gasteiger charge is 2.20. The van der Waals surface area contributed by atoms with Gasteiger partial charge in [-0.15, -0.1) is 0 Å². The monoisotopic (exact) mass is 288 g/mol. The Bertz CT molecular complexity index is 530. The highest BCUT2D eigenvalue weighted by molar-refractivity contribution is 5.99. The van der Waals surface area contributed by atoms with Gasteiger partial charge in [0, 0.05) is 38.3 Å². The van der Waals surface area contributed by atoms with Crippen LogP contribution in [0.1, 0.15) is 52.0 Å². The molecular weight excluding hydrogens is 264 g/mol. The first kappa shape index (κ1) is 15.5. The molecule has 4 heteroatoms. The van der Waals surface area contributed by atoms with Crippen LogP contribution in [0.4, 0.5) is 0 Å². The topological polar surface area (TPSA) is 40.6 Å². The van der Waals surface area contributed by atoms with Crippen LogP contribution >= 0.6 is 0 Å². The van der Waals surface area contributed by atoms with E-state index in [-0.39, 0.29) is 11.8 Å². The first-order valence-corrected chi connectivity index (χ1v) is 7.62. The summed E-state index contributed by atoms with van der Waals surface area (Å²) in [4.78, 5) is 28.1. The van der Waals surface area contributed by atoms with E-state index in [4.69, 9.17) is 0 Å². The van der Waals surface area contributed by atoms with Crippen LogP contribution < -0.4 is 0 Å². The van der Waals surface area contributed by atoms with Gasteiger partial charge in [0.2, 0.25) is 0 Å². The van der Waals surface area contributed by atoms with Crippen molar-refractivity contribution in [2.24, 2.45) is 0 Å². The molecule has 0 aliphatic carbocycles. The minimum Gasteiger partial charge on any atom is -0.345 e. The summed E-state index contributed by atoms with van der Waals surface area (Å²) in [6.45, 7) is 3.59. The fraction of sp³-hybridized carbons (Fsp3) is 0.529. The average molecular weight is 288 g/mol. The number of carbonyl (C=O) groups excluding carboxylic acids is 2.